The molecule has 2 aromatic rings. The van der Waals surface area contributed by atoms with Crippen LogP contribution in [0.25, 0.3) is 6.08 Å². The van der Waals surface area contributed by atoms with E-state index >= 15 is 0 Å². The highest BCUT2D eigenvalue weighted by molar-refractivity contribution is 8.27. The SMILES string of the molecule is COc1cc(/C=C2/SC(=S)N(c3ccccc3C)C2=O)cc(Cl)c1O. The number of hydrogen-bond acceptors (Lipinski definition) is 5. The number of carbonyl (C=O) groups excluding carboxylic acids is 1. The van der Waals surface area contributed by atoms with E-state index in [0.717, 1.165) is 11.3 Å². The van der Waals surface area contributed by atoms with Gasteiger partial charge in [0.25, 0.3) is 5.91 Å². The summed E-state index contributed by atoms with van der Waals surface area (Å²) in [7, 11) is 1.44. The van der Waals surface area contributed by atoms with Crippen LogP contribution in [0.3, 0.4) is 0 Å². The van der Waals surface area contributed by atoms with Gasteiger partial charge in [0.1, 0.15) is 0 Å². The van der Waals surface area contributed by atoms with Crippen molar-refractivity contribution in [2.24, 2.45) is 0 Å². The number of hydrogen-bond donors (Lipinski definition) is 1. The second kappa shape index (κ2) is 7.07. The second-order valence-electron chi connectivity index (χ2n) is 5.36. The lowest BCUT2D eigenvalue weighted by Crippen LogP contribution is -2.28. The summed E-state index contributed by atoms with van der Waals surface area (Å²) in [6, 6.07) is 10.8. The molecule has 25 heavy (non-hydrogen) atoms. The van der Waals surface area contributed by atoms with Crippen LogP contribution in [0.5, 0.6) is 11.5 Å². The molecule has 1 N–H and O–H groups in total. The molecule has 0 saturated carbocycles. The Labute approximate surface area is 160 Å². The molecule has 2 aromatic carbocycles. The van der Waals surface area contributed by atoms with Crippen molar-refractivity contribution in [3.8, 4) is 11.5 Å². The van der Waals surface area contributed by atoms with Crippen LogP contribution < -0.4 is 9.64 Å². The summed E-state index contributed by atoms with van der Waals surface area (Å²) < 4.78 is 5.57. The fourth-order valence-electron chi connectivity index (χ4n) is 2.47. The molecule has 1 fully saturated rings. The van der Waals surface area contributed by atoms with Crippen molar-refractivity contribution < 1.29 is 14.6 Å². The summed E-state index contributed by atoms with van der Waals surface area (Å²) in [6.07, 6.45) is 1.69. The molecular weight excluding hydrogens is 378 g/mol. The van der Waals surface area contributed by atoms with Gasteiger partial charge in [-0.25, -0.2) is 0 Å². The van der Waals surface area contributed by atoms with E-state index in [9.17, 15) is 9.90 Å². The molecule has 7 heteroatoms. The first-order valence-electron chi connectivity index (χ1n) is 7.32. The molecule has 0 spiro atoms. The van der Waals surface area contributed by atoms with Gasteiger partial charge >= 0.3 is 0 Å². The number of rotatable bonds is 3. The van der Waals surface area contributed by atoms with E-state index in [2.05, 4.69) is 0 Å². The van der Waals surface area contributed by atoms with E-state index in [1.165, 1.54) is 23.8 Å². The van der Waals surface area contributed by atoms with Gasteiger partial charge in [0.2, 0.25) is 0 Å². The Kier molecular flexibility index (Phi) is 5.03. The number of phenols is 1. The van der Waals surface area contributed by atoms with Gasteiger partial charge in [0, 0.05) is 0 Å². The van der Waals surface area contributed by atoms with Crippen LogP contribution in [-0.4, -0.2) is 22.4 Å². The van der Waals surface area contributed by atoms with E-state index in [1.807, 2.05) is 31.2 Å². The largest absolute Gasteiger partial charge is 0.503 e. The number of phenolic OH excluding ortho intramolecular Hbond substituents is 1. The zero-order valence-electron chi connectivity index (χ0n) is 13.4. The van der Waals surface area contributed by atoms with Gasteiger partial charge in [-0.3, -0.25) is 9.69 Å². The number of amides is 1. The van der Waals surface area contributed by atoms with Gasteiger partial charge in [-0.15, -0.1) is 0 Å². The summed E-state index contributed by atoms with van der Waals surface area (Å²) in [5.74, 6) is -0.0747. The van der Waals surface area contributed by atoms with E-state index in [4.69, 9.17) is 28.6 Å². The van der Waals surface area contributed by atoms with Crippen LogP contribution in [0.4, 0.5) is 5.69 Å². The number of aromatic hydroxyl groups is 1. The minimum atomic E-state index is -0.188. The minimum Gasteiger partial charge on any atom is -0.503 e. The van der Waals surface area contributed by atoms with Crippen molar-refractivity contribution in [3.05, 3.63) is 57.5 Å². The molecule has 1 amide bonds. The van der Waals surface area contributed by atoms with Gasteiger partial charge in [-0.1, -0.05) is 53.8 Å². The first kappa shape index (κ1) is 17.8. The third-order valence-electron chi connectivity index (χ3n) is 3.72. The van der Waals surface area contributed by atoms with Crippen molar-refractivity contribution in [3.63, 3.8) is 0 Å². The maximum atomic E-state index is 12.8. The summed E-state index contributed by atoms with van der Waals surface area (Å²) >= 11 is 12.6. The summed E-state index contributed by atoms with van der Waals surface area (Å²) in [4.78, 5) is 14.8. The molecule has 1 aliphatic rings. The smallest absolute Gasteiger partial charge is 0.270 e. The Bertz CT molecular complexity index is 911. The van der Waals surface area contributed by atoms with Crippen LogP contribution in [0.2, 0.25) is 5.02 Å². The number of methoxy groups -OCH3 is 1. The molecule has 0 radical (unpaired) electrons. The molecule has 0 unspecified atom stereocenters. The average Bonchev–Trinajstić information content (AvgIpc) is 2.85. The van der Waals surface area contributed by atoms with E-state index in [0.29, 0.717) is 14.8 Å². The zero-order chi connectivity index (χ0) is 18.1. The number of benzene rings is 2. The lowest BCUT2D eigenvalue weighted by Gasteiger charge is -2.16. The molecule has 0 aromatic heterocycles. The van der Waals surface area contributed by atoms with Gasteiger partial charge in [-0.05, 0) is 42.3 Å². The summed E-state index contributed by atoms with van der Waals surface area (Å²) in [6.45, 7) is 1.93. The van der Waals surface area contributed by atoms with Crippen LogP contribution in [0.15, 0.2) is 41.3 Å². The first-order valence-corrected chi connectivity index (χ1v) is 8.92. The monoisotopic (exact) mass is 391 g/mol. The number of carbonyl (C=O) groups is 1. The maximum Gasteiger partial charge on any atom is 0.270 e. The summed E-state index contributed by atoms with van der Waals surface area (Å²) in [5, 5.41) is 9.97. The second-order valence-corrected chi connectivity index (χ2v) is 7.44. The summed E-state index contributed by atoms with van der Waals surface area (Å²) in [5.41, 5.74) is 2.38. The molecule has 1 aliphatic heterocycles. The Morgan fingerprint density at radius 2 is 2.04 bits per heavy atom. The van der Waals surface area contributed by atoms with Crippen LogP contribution in [-0.2, 0) is 4.79 Å². The average molecular weight is 392 g/mol. The molecular formula is C18H14ClNO3S2. The Hall–Kier alpha value is -2.02. The molecule has 3 rings (SSSR count). The maximum absolute atomic E-state index is 12.8. The Balaban J connectivity index is 1.99. The minimum absolute atomic E-state index is 0.131. The number of halogens is 1. The Morgan fingerprint density at radius 3 is 2.72 bits per heavy atom. The highest BCUT2D eigenvalue weighted by Gasteiger charge is 2.34. The van der Waals surface area contributed by atoms with Crippen LogP contribution in [0, 0.1) is 6.92 Å². The number of para-hydroxylation sites is 1. The highest BCUT2D eigenvalue weighted by atomic mass is 35.5. The molecule has 1 heterocycles. The topological polar surface area (TPSA) is 49.8 Å². The van der Waals surface area contributed by atoms with E-state index < -0.39 is 0 Å². The number of thioether (sulfide) groups is 1. The number of ether oxygens (including phenoxy) is 1. The fourth-order valence-corrected chi connectivity index (χ4v) is 3.98. The predicted molar refractivity (Wildman–Crippen MR) is 106 cm³/mol. The fraction of sp³-hybridized carbons (Fsp3) is 0.111. The normalized spacial score (nSPS) is 16.0. The van der Waals surface area contributed by atoms with Crippen molar-refractivity contribution in [2.75, 3.05) is 12.0 Å². The van der Waals surface area contributed by atoms with Crippen molar-refractivity contribution in [1.82, 2.24) is 0 Å². The van der Waals surface area contributed by atoms with E-state index in [-0.39, 0.29) is 22.4 Å². The lowest BCUT2D eigenvalue weighted by molar-refractivity contribution is -0.113. The third-order valence-corrected chi connectivity index (χ3v) is 5.31. The molecule has 128 valence electrons. The van der Waals surface area contributed by atoms with Crippen LogP contribution in [0.1, 0.15) is 11.1 Å². The number of anilines is 1. The molecule has 1 saturated heterocycles. The molecule has 0 atom stereocenters. The van der Waals surface area contributed by atoms with Crippen LogP contribution >= 0.6 is 35.6 Å². The van der Waals surface area contributed by atoms with Gasteiger partial charge < -0.3 is 9.84 Å². The van der Waals surface area contributed by atoms with Gasteiger partial charge in [0.15, 0.2) is 15.8 Å². The number of aryl methyl sites for hydroxylation is 1. The first-order chi connectivity index (χ1) is 11.9. The predicted octanol–water partition coefficient (Wildman–Crippen LogP) is 4.77. The van der Waals surface area contributed by atoms with Gasteiger partial charge in [0.05, 0.1) is 22.7 Å². The van der Waals surface area contributed by atoms with Crippen molar-refractivity contribution in [2.45, 2.75) is 6.92 Å². The number of thiocarbonyl (C=S) groups is 1. The highest BCUT2D eigenvalue weighted by Crippen LogP contribution is 2.39. The van der Waals surface area contributed by atoms with Gasteiger partial charge in [-0.2, -0.15) is 0 Å². The quantitative estimate of drug-likeness (QED) is 0.603. The zero-order valence-corrected chi connectivity index (χ0v) is 15.8. The molecule has 0 aliphatic carbocycles. The van der Waals surface area contributed by atoms with Crippen molar-refractivity contribution in [1.29, 1.82) is 0 Å². The number of nitrogens with zero attached hydrogens (tertiary/aromatic N) is 1. The van der Waals surface area contributed by atoms with Crippen molar-refractivity contribution >= 4 is 57.6 Å². The standard InChI is InChI=1S/C18H14ClNO3S2/c1-10-5-3-4-6-13(10)20-17(22)15(25-18(20)24)9-11-7-12(19)16(21)14(8-11)23-2/h3-9,21H,1-2H3/b15-9+. The molecule has 0 bridgehead atoms. The Morgan fingerprint density at radius 1 is 1.32 bits per heavy atom. The molecule has 4 nitrogen and oxygen atoms in total. The van der Waals surface area contributed by atoms with E-state index in [1.54, 1.807) is 18.2 Å². The third kappa shape index (κ3) is 3.38. The lowest BCUT2D eigenvalue weighted by atomic mass is 10.1.